The highest BCUT2D eigenvalue weighted by atomic mass is 16.1. The molecule has 2 aromatic rings. The summed E-state index contributed by atoms with van der Waals surface area (Å²) in [6, 6.07) is 6.09. The largest absolute Gasteiger partial charge is 0.331 e. The molecular formula is C14H18N2O. The van der Waals surface area contributed by atoms with Crippen molar-refractivity contribution in [3.8, 4) is 0 Å². The monoisotopic (exact) mass is 230 g/mol. The van der Waals surface area contributed by atoms with E-state index in [2.05, 4.69) is 22.5 Å². The first-order valence-electron chi connectivity index (χ1n) is 6.05. The van der Waals surface area contributed by atoms with Gasteiger partial charge in [-0.1, -0.05) is 13.0 Å². The molecule has 0 spiro atoms. The molecule has 0 saturated heterocycles. The number of ketones is 1. The van der Waals surface area contributed by atoms with Gasteiger partial charge in [-0.25, -0.2) is 4.98 Å². The average molecular weight is 230 g/mol. The van der Waals surface area contributed by atoms with Gasteiger partial charge in [0.1, 0.15) is 11.6 Å². The maximum absolute atomic E-state index is 11.1. The Morgan fingerprint density at radius 3 is 2.82 bits per heavy atom. The van der Waals surface area contributed by atoms with E-state index in [1.54, 1.807) is 6.92 Å². The van der Waals surface area contributed by atoms with E-state index in [4.69, 9.17) is 0 Å². The second-order valence-corrected chi connectivity index (χ2v) is 4.54. The summed E-state index contributed by atoms with van der Waals surface area (Å²) < 4.78 is 2.14. The van der Waals surface area contributed by atoms with Crippen molar-refractivity contribution in [1.29, 1.82) is 0 Å². The highest BCUT2D eigenvalue weighted by molar-refractivity contribution is 5.81. The molecule has 0 aliphatic heterocycles. The Balaban J connectivity index is 2.44. The van der Waals surface area contributed by atoms with E-state index in [1.807, 2.05) is 19.2 Å². The highest BCUT2D eigenvalue weighted by Crippen LogP contribution is 2.18. The van der Waals surface area contributed by atoms with Crippen LogP contribution < -0.4 is 0 Å². The smallest absolute Gasteiger partial charge is 0.134 e. The summed E-state index contributed by atoms with van der Waals surface area (Å²) in [6.45, 7) is 3.77. The van der Waals surface area contributed by atoms with Gasteiger partial charge < -0.3 is 4.57 Å². The van der Waals surface area contributed by atoms with Gasteiger partial charge in [-0.05, 0) is 31.0 Å². The Kier molecular flexibility index (Phi) is 3.27. The zero-order chi connectivity index (χ0) is 12.4. The molecule has 90 valence electrons. The Hall–Kier alpha value is -1.64. The van der Waals surface area contributed by atoms with E-state index in [0.717, 1.165) is 35.3 Å². The Morgan fingerprint density at radius 1 is 1.41 bits per heavy atom. The van der Waals surface area contributed by atoms with Crippen LogP contribution in [0.25, 0.3) is 11.0 Å². The van der Waals surface area contributed by atoms with Crippen LogP contribution in [0, 0.1) is 0 Å². The maximum atomic E-state index is 11.1. The number of aryl methyl sites for hydroxylation is 2. The van der Waals surface area contributed by atoms with E-state index < -0.39 is 0 Å². The van der Waals surface area contributed by atoms with E-state index >= 15 is 0 Å². The van der Waals surface area contributed by atoms with Crippen LogP contribution in [0.3, 0.4) is 0 Å². The molecule has 2 rings (SSSR count). The normalized spacial score (nSPS) is 11.0. The van der Waals surface area contributed by atoms with Crippen molar-refractivity contribution in [2.45, 2.75) is 33.1 Å². The van der Waals surface area contributed by atoms with Crippen molar-refractivity contribution >= 4 is 16.8 Å². The lowest BCUT2D eigenvalue weighted by atomic mass is 10.1. The third-order valence-electron chi connectivity index (χ3n) is 2.96. The average Bonchev–Trinajstić information content (AvgIpc) is 2.55. The number of rotatable bonds is 4. The van der Waals surface area contributed by atoms with Gasteiger partial charge in [0.15, 0.2) is 0 Å². The topological polar surface area (TPSA) is 34.9 Å². The van der Waals surface area contributed by atoms with E-state index in [0.29, 0.717) is 6.42 Å². The summed E-state index contributed by atoms with van der Waals surface area (Å²) >= 11 is 0. The fourth-order valence-corrected chi connectivity index (χ4v) is 2.14. The number of carbonyl (C=O) groups is 1. The number of benzene rings is 1. The van der Waals surface area contributed by atoms with Crippen LogP contribution in [0.1, 0.15) is 31.7 Å². The summed E-state index contributed by atoms with van der Waals surface area (Å²) in [5, 5.41) is 0. The van der Waals surface area contributed by atoms with E-state index in [1.165, 1.54) is 0 Å². The number of Topliss-reactive ketones (excluding diaryl/α,β-unsaturated/α-hetero) is 1. The Labute approximate surface area is 101 Å². The maximum Gasteiger partial charge on any atom is 0.134 e. The second kappa shape index (κ2) is 4.70. The summed E-state index contributed by atoms with van der Waals surface area (Å²) in [6.07, 6.45) is 2.58. The van der Waals surface area contributed by atoms with Crippen molar-refractivity contribution in [1.82, 2.24) is 9.55 Å². The van der Waals surface area contributed by atoms with Crippen LogP contribution in [0.5, 0.6) is 0 Å². The third kappa shape index (κ3) is 2.38. The molecule has 0 bridgehead atoms. The molecule has 17 heavy (non-hydrogen) atoms. The number of hydrogen-bond acceptors (Lipinski definition) is 2. The van der Waals surface area contributed by atoms with Gasteiger partial charge in [0.25, 0.3) is 0 Å². The number of hydrogen-bond donors (Lipinski definition) is 0. The molecule has 0 radical (unpaired) electrons. The molecule has 0 aliphatic rings. The standard InChI is InChI=1S/C14H18N2O/c1-4-5-14-15-12-9-11(8-10(2)17)6-7-13(12)16(14)3/h6-7,9H,4-5,8H2,1-3H3. The van der Waals surface area contributed by atoms with Crippen molar-refractivity contribution < 1.29 is 4.79 Å². The summed E-state index contributed by atoms with van der Waals surface area (Å²) in [5.41, 5.74) is 3.18. The summed E-state index contributed by atoms with van der Waals surface area (Å²) in [5.74, 6) is 1.30. The molecule has 1 heterocycles. The molecular weight excluding hydrogens is 212 g/mol. The molecule has 0 atom stereocenters. The molecule has 0 aliphatic carbocycles. The van der Waals surface area contributed by atoms with E-state index in [9.17, 15) is 4.79 Å². The van der Waals surface area contributed by atoms with Crippen molar-refractivity contribution in [2.24, 2.45) is 7.05 Å². The van der Waals surface area contributed by atoms with Crippen LogP contribution >= 0.6 is 0 Å². The lowest BCUT2D eigenvalue weighted by Crippen LogP contribution is -1.97. The van der Waals surface area contributed by atoms with Crippen LogP contribution in [0.15, 0.2) is 18.2 Å². The first-order chi connectivity index (χ1) is 8.11. The SMILES string of the molecule is CCCc1nc2cc(CC(C)=O)ccc2n1C. The lowest BCUT2D eigenvalue weighted by molar-refractivity contribution is -0.116. The number of imidazole rings is 1. The molecule has 1 aromatic heterocycles. The Morgan fingerprint density at radius 2 is 2.18 bits per heavy atom. The van der Waals surface area contributed by atoms with Crippen molar-refractivity contribution in [3.63, 3.8) is 0 Å². The van der Waals surface area contributed by atoms with Crippen molar-refractivity contribution in [3.05, 3.63) is 29.6 Å². The number of nitrogens with zero attached hydrogens (tertiary/aromatic N) is 2. The molecule has 0 amide bonds. The highest BCUT2D eigenvalue weighted by Gasteiger charge is 2.08. The van der Waals surface area contributed by atoms with Gasteiger partial charge in [0.2, 0.25) is 0 Å². The van der Waals surface area contributed by atoms with Gasteiger partial charge in [0.05, 0.1) is 11.0 Å². The van der Waals surface area contributed by atoms with Crippen molar-refractivity contribution in [2.75, 3.05) is 0 Å². The molecule has 0 fully saturated rings. The molecule has 1 aromatic carbocycles. The van der Waals surface area contributed by atoms with Crippen LogP contribution in [-0.4, -0.2) is 15.3 Å². The molecule has 3 nitrogen and oxygen atoms in total. The van der Waals surface area contributed by atoms with Gasteiger partial charge in [-0.15, -0.1) is 0 Å². The molecule has 0 N–H and O–H groups in total. The zero-order valence-electron chi connectivity index (χ0n) is 10.7. The first kappa shape index (κ1) is 11.8. The van der Waals surface area contributed by atoms with Gasteiger partial charge in [-0.2, -0.15) is 0 Å². The Bertz CT molecular complexity index is 555. The second-order valence-electron chi connectivity index (χ2n) is 4.54. The summed E-state index contributed by atoms with van der Waals surface area (Å²) in [7, 11) is 2.05. The van der Waals surface area contributed by atoms with Crippen LogP contribution in [0.2, 0.25) is 0 Å². The quantitative estimate of drug-likeness (QED) is 0.809. The number of fused-ring (bicyclic) bond motifs is 1. The lowest BCUT2D eigenvalue weighted by Gasteiger charge is -2.00. The van der Waals surface area contributed by atoms with Gasteiger partial charge in [0, 0.05) is 19.9 Å². The van der Waals surface area contributed by atoms with Crippen LogP contribution in [-0.2, 0) is 24.7 Å². The molecule has 0 unspecified atom stereocenters. The van der Waals surface area contributed by atoms with Crippen LogP contribution in [0.4, 0.5) is 0 Å². The minimum Gasteiger partial charge on any atom is -0.331 e. The summed E-state index contributed by atoms with van der Waals surface area (Å²) in [4.78, 5) is 15.7. The molecule has 3 heteroatoms. The minimum absolute atomic E-state index is 0.189. The first-order valence-corrected chi connectivity index (χ1v) is 6.05. The van der Waals surface area contributed by atoms with Gasteiger partial charge >= 0.3 is 0 Å². The van der Waals surface area contributed by atoms with E-state index in [-0.39, 0.29) is 5.78 Å². The fraction of sp³-hybridized carbons (Fsp3) is 0.429. The number of carbonyl (C=O) groups excluding carboxylic acids is 1. The predicted molar refractivity (Wildman–Crippen MR) is 69.1 cm³/mol. The minimum atomic E-state index is 0.189. The third-order valence-corrected chi connectivity index (χ3v) is 2.96. The predicted octanol–water partition coefficient (Wildman–Crippen LogP) is 2.66. The van der Waals surface area contributed by atoms with Gasteiger partial charge in [-0.3, -0.25) is 4.79 Å². The number of aromatic nitrogens is 2. The zero-order valence-corrected chi connectivity index (χ0v) is 10.7. The molecule has 0 saturated carbocycles. The fourth-order valence-electron chi connectivity index (χ4n) is 2.14.